The molecular weight excluding hydrogens is 244 g/mol. The van der Waals surface area contributed by atoms with Crippen molar-refractivity contribution < 1.29 is 7.65 Å². The lowest BCUT2D eigenvalue weighted by atomic mass is 10.2. The summed E-state index contributed by atoms with van der Waals surface area (Å²) in [5.41, 5.74) is 1.18. The highest BCUT2D eigenvalue weighted by Crippen LogP contribution is 2.17. The highest BCUT2D eigenvalue weighted by atomic mass is 16.2. The third-order valence-corrected chi connectivity index (χ3v) is 3.13. The van der Waals surface area contributed by atoms with Crippen LogP contribution in [0.15, 0.2) is 30.7 Å². The standard InChI is InChI=1S/C12H14N6O.2H2/c19-12(17-9-1-5-14-15-7-9)11-3-6-16-18(11)10-2-4-13-8-10;;/h1,3,5-7,10,13H,2,4,8H2,(H,14,17,19);2*1H/t10-;;/m1../s1. The van der Waals surface area contributed by atoms with Crippen molar-refractivity contribution in [3.05, 3.63) is 36.4 Å². The summed E-state index contributed by atoms with van der Waals surface area (Å²) >= 11 is 0. The van der Waals surface area contributed by atoms with Gasteiger partial charge in [0.25, 0.3) is 5.91 Å². The van der Waals surface area contributed by atoms with Crippen LogP contribution in [-0.4, -0.2) is 39.0 Å². The Hall–Kier alpha value is -2.28. The predicted octanol–water partition coefficient (Wildman–Crippen LogP) is 0.952. The lowest BCUT2D eigenvalue weighted by Crippen LogP contribution is -2.22. The fourth-order valence-corrected chi connectivity index (χ4v) is 2.19. The molecule has 0 radical (unpaired) electrons. The van der Waals surface area contributed by atoms with Crippen molar-refractivity contribution in [2.45, 2.75) is 12.5 Å². The van der Waals surface area contributed by atoms with Crippen LogP contribution < -0.4 is 10.6 Å². The molecule has 2 N–H and O–H groups in total. The minimum Gasteiger partial charge on any atom is -0.319 e. The number of nitrogens with one attached hydrogen (secondary N) is 2. The number of nitrogens with zero attached hydrogens (tertiary/aromatic N) is 4. The van der Waals surface area contributed by atoms with E-state index in [4.69, 9.17) is 0 Å². The maximum absolute atomic E-state index is 12.2. The molecule has 1 fully saturated rings. The van der Waals surface area contributed by atoms with Gasteiger partial charge in [0.1, 0.15) is 5.69 Å². The van der Waals surface area contributed by atoms with Gasteiger partial charge in [0.15, 0.2) is 0 Å². The van der Waals surface area contributed by atoms with Gasteiger partial charge in [-0.15, -0.1) is 0 Å². The smallest absolute Gasteiger partial charge is 0.273 e. The number of rotatable bonds is 3. The van der Waals surface area contributed by atoms with Crippen molar-refractivity contribution >= 4 is 11.6 Å². The van der Waals surface area contributed by atoms with Crippen molar-refractivity contribution in [2.24, 2.45) is 0 Å². The molecule has 0 unspecified atom stereocenters. The van der Waals surface area contributed by atoms with Crippen LogP contribution in [0.3, 0.4) is 0 Å². The summed E-state index contributed by atoms with van der Waals surface area (Å²) in [6.45, 7) is 1.80. The highest BCUT2D eigenvalue weighted by molar-refractivity contribution is 6.02. The highest BCUT2D eigenvalue weighted by Gasteiger charge is 2.22. The van der Waals surface area contributed by atoms with E-state index in [1.165, 1.54) is 12.4 Å². The van der Waals surface area contributed by atoms with Crippen LogP contribution in [0, 0.1) is 0 Å². The molecule has 1 atom stereocenters. The van der Waals surface area contributed by atoms with Crippen molar-refractivity contribution in [3.63, 3.8) is 0 Å². The molecule has 3 rings (SSSR count). The lowest BCUT2D eigenvalue weighted by molar-refractivity contribution is 0.101. The topological polar surface area (TPSA) is 84.7 Å². The zero-order chi connectivity index (χ0) is 13.1. The number of carbonyl (C=O) groups excluding carboxylic acids is 1. The number of carbonyl (C=O) groups is 1. The maximum Gasteiger partial charge on any atom is 0.273 e. The molecule has 19 heavy (non-hydrogen) atoms. The fourth-order valence-electron chi connectivity index (χ4n) is 2.19. The van der Waals surface area contributed by atoms with E-state index in [1.807, 2.05) is 0 Å². The van der Waals surface area contributed by atoms with E-state index < -0.39 is 0 Å². The largest absolute Gasteiger partial charge is 0.319 e. The number of amides is 1. The van der Waals surface area contributed by atoms with Crippen LogP contribution in [0.5, 0.6) is 0 Å². The van der Waals surface area contributed by atoms with Gasteiger partial charge in [0, 0.05) is 15.6 Å². The molecule has 1 aliphatic heterocycles. The van der Waals surface area contributed by atoms with E-state index >= 15 is 0 Å². The second kappa shape index (κ2) is 5.15. The Morgan fingerprint density at radius 2 is 2.37 bits per heavy atom. The molecule has 7 heteroatoms. The summed E-state index contributed by atoms with van der Waals surface area (Å²) in [6, 6.07) is 3.66. The van der Waals surface area contributed by atoms with Gasteiger partial charge < -0.3 is 10.6 Å². The quantitative estimate of drug-likeness (QED) is 0.860. The van der Waals surface area contributed by atoms with Crippen molar-refractivity contribution in [2.75, 3.05) is 18.4 Å². The van der Waals surface area contributed by atoms with Gasteiger partial charge in [-0.2, -0.15) is 15.3 Å². The van der Waals surface area contributed by atoms with Crippen LogP contribution in [0.4, 0.5) is 5.69 Å². The van der Waals surface area contributed by atoms with Gasteiger partial charge in [-0.25, -0.2) is 0 Å². The van der Waals surface area contributed by atoms with Crippen LogP contribution in [0.1, 0.15) is 25.8 Å². The van der Waals surface area contributed by atoms with E-state index in [0.29, 0.717) is 11.4 Å². The SMILES string of the molecule is O=C(Nc1ccnnc1)c1ccnn1[C@@H]1CCNC1.[HH].[HH]. The van der Waals surface area contributed by atoms with E-state index in [-0.39, 0.29) is 14.8 Å². The summed E-state index contributed by atoms with van der Waals surface area (Å²) in [5, 5.41) is 17.7. The summed E-state index contributed by atoms with van der Waals surface area (Å²) in [4.78, 5) is 12.2. The molecule has 1 amide bonds. The average molecular weight is 262 g/mol. The minimum absolute atomic E-state index is 0. The van der Waals surface area contributed by atoms with Crippen LogP contribution in [0.2, 0.25) is 0 Å². The second-order valence-corrected chi connectivity index (χ2v) is 4.39. The van der Waals surface area contributed by atoms with E-state index in [0.717, 1.165) is 19.5 Å². The number of hydrogen-bond acceptors (Lipinski definition) is 5. The van der Waals surface area contributed by atoms with Crippen molar-refractivity contribution in [1.29, 1.82) is 0 Å². The molecule has 102 valence electrons. The molecule has 0 bridgehead atoms. The van der Waals surface area contributed by atoms with Gasteiger partial charge in [0.2, 0.25) is 0 Å². The summed E-state index contributed by atoms with van der Waals surface area (Å²) < 4.78 is 1.78. The van der Waals surface area contributed by atoms with Gasteiger partial charge in [0.05, 0.1) is 24.1 Å². The second-order valence-electron chi connectivity index (χ2n) is 4.39. The maximum atomic E-state index is 12.2. The first-order valence-electron chi connectivity index (χ1n) is 6.17. The van der Waals surface area contributed by atoms with Gasteiger partial charge >= 0.3 is 0 Å². The van der Waals surface area contributed by atoms with E-state index in [2.05, 4.69) is 25.9 Å². The first kappa shape index (κ1) is 11.8. The molecule has 1 aliphatic rings. The van der Waals surface area contributed by atoms with Gasteiger partial charge in [-0.3, -0.25) is 9.48 Å². The van der Waals surface area contributed by atoms with Crippen LogP contribution in [0.25, 0.3) is 0 Å². The summed E-state index contributed by atoms with van der Waals surface area (Å²) in [5.74, 6) is -0.183. The number of anilines is 1. The molecule has 0 saturated carbocycles. The fraction of sp³-hybridized carbons (Fsp3) is 0.333. The Morgan fingerprint density at radius 1 is 1.42 bits per heavy atom. The Balaban J connectivity index is 0.00000110. The predicted molar refractivity (Wildman–Crippen MR) is 73.0 cm³/mol. The zero-order valence-electron chi connectivity index (χ0n) is 10.3. The Bertz CT molecular complexity index is 570. The van der Waals surface area contributed by atoms with Crippen LogP contribution >= 0.6 is 0 Å². The van der Waals surface area contributed by atoms with E-state index in [9.17, 15) is 4.79 Å². The molecule has 2 aromatic rings. The third-order valence-electron chi connectivity index (χ3n) is 3.13. The molecule has 1 saturated heterocycles. The van der Waals surface area contributed by atoms with Gasteiger partial charge in [-0.1, -0.05) is 0 Å². The third kappa shape index (κ3) is 2.45. The molecule has 0 aromatic carbocycles. The minimum atomic E-state index is -0.183. The zero-order valence-corrected chi connectivity index (χ0v) is 10.3. The Kier molecular flexibility index (Phi) is 3.20. The molecule has 0 aliphatic carbocycles. The summed E-state index contributed by atoms with van der Waals surface area (Å²) in [7, 11) is 0. The summed E-state index contributed by atoms with van der Waals surface area (Å²) in [6.07, 6.45) is 5.68. The number of aromatic nitrogens is 4. The molecule has 0 spiro atoms. The first-order valence-corrected chi connectivity index (χ1v) is 6.17. The van der Waals surface area contributed by atoms with E-state index in [1.54, 1.807) is 23.0 Å². The average Bonchev–Trinajstić information content (AvgIpc) is 3.10. The first-order chi connectivity index (χ1) is 9.34. The molecule has 7 nitrogen and oxygen atoms in total. The van der Waals surface area contributed by atoms with Crippen LogP contribution in [-0.2, 0) is 0 Å². The molecule has 2 aromatic heterocycles. The normalized spacial score (nSPS) is 18.4. The number of hydrogen-bond donors (Lipinski definition) is 2. The molecular formula is C12H18N6O. The van der Waals surface area contributed by atoms with Crippen molar-refractivity contribution in [1.82, 2.24) is 25.3 Å². The van der Waals surface area contributed by atoms with Crippen molar-refractivity contribution in [3.8, 4) is 0 Å². The Morgan fingerprint density at radius 3 is 3.11 bits per heavy atom. The monoisotopic (exact) mass is 262 g/mol. The Labute approximate surface area is 113 Å². The van der Waals surface area contributed by atoms with Gasteiger partial charge in [-0.05, 0) is 25.1 Å². The molecule has 3 heterocycles. The lowest BCUT2D eigenvalue weighted by Gasteiger charge is -2.13.